The predicted molar refractivity (Wildman–Crippen MR) is 88.0 cm³/mol. The van der Waals surface area contributed by atoms with Gasteiger partial charge in [0.15, 0.2) is 0 Å². The molecule has 2 aliphatic carbocycles. The molecule has 0 aliphatic heterocycles. The van der Waals surface area contributed by atoms with Crippen LogP contribution in [0.5, 0.6) is 0 Å². The van der Waals surface area contributed by atoms with Crippen LogP contribution in [-0.4, -0.2) is 37.6 Å². The number of hydrogen-bond acceptors (Lipinski definition) is 2. The Bertz CT molecular complexity index is 294. The number of nitrogens with one attached hydrogen (secondary N) is 1. The molecule has 2 fully saturated rings. The van der Waals surface area contributed by atoms with Gasteiger partial charge in [0.25, 0.3) is 0 Å². The fourth-order valence-corrected chi connectivity index (χ4v) is 4.53. The Morgan fingerprint density at radius 3 is 2.45 bits per heavy atom. The van der Waals surface area contributed by atoms with Crippen LogP contribution >= 0.6 is 0 Å². The average Bonchev–Trinajstić information content (AvgIpc) is 2.95. The Kier molecular flexibility index (Phi) is 5.53. The Morgan fingerprint density at radius 2 is 1.95 bits per heavy atom. The van der Waals surface area contributed by atoms with E-state index in [2.05, 4.69) is 45.0 Å². The van der Waals surface area contributed by atoms with Gasteiger partial charge in [-0.25, -0.2) is 0 Å². The van der Waals surface area contributed by atoms with Crippen molar-refractivity contribution < 1.29 is 0 Å². The van der Waals surface area contributed by atoms with Gasteiger partial charge < -0.3 is 10.2 Å². The van der Waals surface area contributed by atoms with Crippen molar-refractivity contribution in [1.82, 2.24) is 10.2 Å². The molecule has 2 aliphatic rings. The lowest BCUT2D eigenvalue weighted by atomic mass is 9.84. The highest BCUT2D eigenvalue weighted by atomic mass is 15.1. The first-order valence-corrected chi connectivity index (χ1v) is 8.82. The second-order valence-corrected chi connectivity index (χ2v) is 8.46. The van der Waals surface area contributed by atoms with Gasteiger partial charge in [-0.1, -0.05) is 34.1 Å². The topological polar surface area (TPSA) is 15.3 Å². The number of rotatable bonds is 7. The number of hydrogen-bond donors (Lipinski definition) is 1. The maximum atomic E-state index is 3.67. The van der Waals surface area contributed by atoms with Crippen LogP contribution in [0.15, 0.2) is 0 Å². The highest BCUT2D eigenvalue weighted by Gasteiger charge is 2.39. The minimum atomic E-state index is 0.364. The van der Waals surface area contributed by atoms with Crippen LogP contribution in [0.3, 0.4) is 0 Å². The predicted octanol–water partition coefficient (Wildman–Crippen LogP) is 3.77. The molecular weight excluding hydrogens is 244 g/mol. The average molecular weight is 280 g/mol. The molecule has 2 nitrogen and oxygen atoms in total. The third kappa shape index (κ3) is 4.21. The molecule has 0 heterocycles. The highest BCUT2D eigenvalue weighted by Crippen LogP contribution is 2.48. The van der Waals surface area contributed by atoms with Crippen LogP contribution in [0, 0.1) is 23.2 Å². The summed E-state index contributed by atoms with van der Waals surface area (Å²) in [4.78, 5) is 2.60. The summed E-state index contributed by atoms with van der Waals surface area (Å²) in [6.45, 7) is 12.9. The minimum Gasteiger partial charge on any atom is -0.314 e. The molecule has 0 aromatic carbocycles. The lowest BCUT2D eigenvalue weighted by Gasteiger charge is -2.34. The van der Waals surface area contributed by atoms with Crippen molar-refractivity contribution in [2.24, 2.45) is 23.2 Å². The van der Waals surface area contributed by atoms with Crippen LogP contribution in [0.4, 0.5) is 0 Å². The SMILES string of the molecule is CCNC(CCN(C)CC1CC2CCC1C2)C(C)(C)C. The third-order valence-corrected chi connectivity index (χ3v) is 5.73. The molecule has 0 amide bonds. The van der Waals surface area contributed by atoms with Crippen molar-refractivity contribution >= 4 is 0 Å². The van der Waals surface area contributed by atoms with E-state index in [1.807, 2.05) is 0 Å². The Balaban J connectivity index is 1.72. The monoisotopic (exact) mass is 280 g/mol. The first-order chi connectivity index (χ1) is 9.40. The molecule has 0 saturated heterocycles. The first kappa shape index (κ1) is 16.3. The van der Waals surface area contributed by atoms with Gasteiger partial charge in [0.05, 0.1) is 0 Å². The van der Waals surface area contributed by atoms with Crippen molar-refractivity contribution in [3.8, 4) is 0 Å². The zero-order chi connectivity index (χ0) is 14.8. The summed E-state index contributed by atoms with van der Waals surface area (Å²) in [5, 5.41) is 3.67. The molecule has 4 atom stereocenters. The Hall–Kier alpha value is -0.0800. The summed E-state index contributed by atoms with van der Waals surface area (Å²) in [6, 6.07) is 0.634. The molecule has 4 unspecified atom stereocenters. The standard InChI is InChI=1S/C18H36N2/c1-6-19-17(18(2,3)4)9-10-20(5)13-16-12-14-7-8-15(16)11-14/h14-17,19H,6-13H2,1-5H3. The second kappa shape index (κ2) is 6.79. The van der Waals surface area contributed by atoms with Crippen LogP contribution in [0.2, 0.25) is 0 Å². The molecule has 0 radical (unpaired) electrons. The second-order valence-electron chi connectivity index (χ2n) is 8.46. The summed E-state index contributed by atoms with van der Waals surface area (Å²) in [7, 11) is 2.33. The molecule has 0 aromatic heterocycles. The summed E-state index contributed by atoms with van der Waals surface area (Å²) >= 11 is 0. The van der Waals surface area contributed by atoms with E-state index in [1.54, 1.807) is 6.42 Å². The van der Waals surface area contributed by atoms with E-state index in [-0.39, 0.29) is 0 Å². The molecule has 0 spiro atoms. The van der Waals surface area contributed by atoms with Crippen LogP contribution in [0.1, 0.15) is 59.8 Å². The van der Waals surface area contributed by atoms with Crippen molar-refractivity contribution in [3.63, 3.8) is 0 Å². The van der Waals surface area contributed by atoms with Crippen LogP contribution in [0.25, 0.3) is 0 Å². The Morgan fingerprint density at radius 1 is 1.20 bits per heavy atom. The van der Waals surface area contributed by atoms with Crippen molar-refractivity contribution in [1.29, 1.82) is 0 Å². The smallest absolute Gasteiger partial charge is 0.0128 e. The molecule has 2 rings (SSSR count). The van der Waals surface area contributed by atoms with E-state index >= 15 is 0 Å². The van der Waals surface area contributed by atoms with Gasteiger partial charge in [0.2, 0.25) is 0 Å². The fourth-order valence-electron chi connectivity index (χ4n) is 4.53. The van der Waals surface area contributed by atoms with E-state index < -0.39 is 0 Å². The van der Waals surface area contributed by atoms with E-state index in [4.69, 9.17) is 0 Å². The van der Waals surface area contributed by atoms with E-state index in [1.165, 1.54) is 38.8 Å². The summed E-state index contributed by atoms with van der Waals surface area (Å²) in [5.74, 6) is 3.16. The summed E-state index contributed by atoms with van der Waals surface area (Å²) in [5.41, 5.74) is 0.364. The van der Waals surface area contributed by atoms with Gasteiger partial charge in [-0.2, -0.15) is 0 Å². The van der Waals surface area contributed by atoms with Gasteiger partial charge in [-0.3, -0.25) is 0 Å². The number of nitrogens with zero attached hydrogens (tertiary/aromatic N) is 1. The fraction of sp³-hybridized carbons (Fsp3) is 1.00. The molecule has 118 valence electrons. The zero-order valence-electron chi connectivity index (χ0n) is 14.4. The van der Waals surface area contributed by atoms with Crippen molar-refractivity contribution in [3.05, 3.63) is 0 Å². The van der Waals surface area contributed by atoms with Gasteiger partial charge in [-0.05, 0) is 69.0 Å². The van der Waals surface area contributed by atoms with Crippen molar-refractivity contribution in [2.45, 2.75) is 65.8 Å². The van der Waals surface area contributed by atoms with E-state index in [0.29, 0.717) is 11.5 Å². The first-order valence-electron chi connectivity index (χ1n) is 8.82. The van der Waals surface area contributed by atoms with Crippen molar-refractivity contribution in [2.75, 3.05) is 26.7 Å². The van der Waals surface area contributed by atoms with E-state index in [0.717, 1.165) is 24.3 Å². The van der Waals surface area contributed by atoms with E-state index in [9.17, 15) is 0 Å². The molecule has 1 N–H and O–H groups in total. The number of fused-ring (bicyclic) bond motifs is 2. The lowest BCUT2D eigenvalue weighted by Crippen LogP contribution is -2.43. The maximum absolute atomic E-state index is 3.67. The van der Waals surface area contributed by atoms with Gasteiger partial charge >= 0.3 is 0 Å². The van der Waals surface area contributed by atoms with Crippen LogP contribution < -0.4 is 5.32 Å². The zero-order valence-corrected chi connectivity index (χ0v) is 14.4. The molecule has 20 heavy (non-hydrogen) atoms. The quantitative estimate of drug-likeness (QED) is 0.763. The molecule has 0 aromatic rings. The highest BCUT2D eigenvalue weighted by molar-refractivity contribution is 4.91. The van der Waals surface area contributed by atoms with Gasteiger partial charge in [0, 0.05) is 12.6 Å². The summed E-state index contributed by atoms with van der Waals surface area (Å²) in [6.07, 6.45) is 7.38. The molecule has 2 bridgehead atoms. The lowest BCUT2D eigenvalue weighted by molar-refractivity contribution is 0.188. The minimum absolute atomic E-state index is 0.364. The van der Waals surface area contributed by atoms with Crippen LogP contribution in [-0.2, 0) is 0 Å². The largest absolute Gasteiger partial charge is 0.314 e. The molecule has 2 saturated carbocycles. The maximum Gasteiger partial charge on any atom is 0.0128 e. The third-order valence-electron chi connectivity index (χ3n) is 5.73. The molecular formula is C18H36N2. The molecule has 2 heteroatoms. The summed E-state index contributed by atoms with van der Waals surface area (Å²) < 4.78 is 0. The van der Waals surface area contributed by atoms with Gasteiger partial charge in [0.1, 0.15) is 0 Å². The van der Waals surface area contributed by atoms with Gasteiger partial charge in [-0.15, -0.1) is 0 Å². The Labute approximate surface area is 126 Å². The normalized spacial score (nSPS) is 31.2.